The van der Waals surface area contributed by atoms with Crippen LogP contribution in [0.25, 0.3) is 11.5 Å². The lowest BCUT2D eigenvalue weighted by Crippen LogP contribution is -2.39. The van der Waals surface area contributed by atoms with E-state index in [4.69, 9.17) is 20.8 Å². The molecular formula is C19H24ClN3O3. The molecule has 2 aromatic rings. The second-order valence-electron chi connectivity index (χ2n) is 6.66. The molecule has 1 aromatic heterocycles. The first kappa shape index (κ1) is 18.9. The first-order valence-electron chi connectivity index (χ1n) is 9.06. The van der Waals surface area contributed by atoms with Gasteiger partial charge in [0.1, 0.15) is 6.10 Å². The summed E-state index contributed by atoms with van der Waals surface area (Å²) >= 11 is 6.17. The third kappa shape index (κ3) is 4.83. The monoisotopic (exact) mass is 377 g/mol. The van der Waals surface area contributed by atoms with Crippen molar-refractivity contribution in [3.8, 4) is 11.5 Å². The van der Waals surface area contributed by atoms with Gasteiger partial charge in [0.15, 0.2) is 0 Å². The molecule has 0 bridgehead atoms. The predicted molar refractivity (Wildman–Crippen MR) is 98.6 cm³/mol. The van der Waals surface area contributed by atoms with Gasteiger partial charge in [0.25, 0.3) is 5.91 Å². The van der Waals surface area contributed by atoms with Crippen LogP contribution in [0.3, 0.4) is 0 Å². The number of benzene rings is 1. The number of amides is 1. The molecule has 1 aromatic carbocycles. The second kappa shape index (κ2) is 8.64. The van der Waals surface area contributed by atoms with E-state index in [1.54, 1.807) is 17.9 Å². The van der Waals surface area contributed by atoms with Crippen LogP contribution < -0.4 is 0 Å². The highest BCUT2D eigenvalue weighted by molar-refractivity contribution is 6.33. The summed E-state index contributed by atoms with van der Waals surface area (Å²) in [6, 6.07) is 7.29. The maximum absolute atomic E-state index is 12.7. The van der Waals surface area contributed by atoms with E-state index >= 15 is 0 Å². The summed E-state index contributed by atoms with van der Waals surface area (Å²) < 4.78 is 11.4. The fraction of sp³-hybridized carbons (Fsp3) is 0.526. The molecule has 1 amide bonds. The minimum atomic E-state index is -0.465. The molecule has 3 rings (SSSR count). The fourth-order valence-electron chi connectivity index (χ4n) is 2.65. The zero-order chi connectivity index (χ0) is 18.5. The van der Waals surface area contributed by atoms with Gasteiger partial charge in [-0.05, 0) is 44.2 Å². The Hall–Kier alpha value is -1.92. The van der Waals surface area contributed by atoms with E-state index in [1.807, 2.05) is 25.1 Å². The highest BCUT2D eigenvalue weighted by Crippen LogP contribution is 2.29. The number of carbonyl (C=O) groups excluding carboxylic acids is 1. The zero-order valence-corrected chi connectivity index (χ0v) is 15.9. The van der Waals surface area contributed by atoms with E-state index in [0.717, 1.165) is 6.42 Å². The number of ether oxygens (including phenoxy) is 1. The molecule has 1 unspecified atom stereocenters. The van der Waals surface area contributed by atoms with Gasteiger partial charge >= 0.3 is 0 Å². The summed E-state index contributed by atoms with van der Waals surface area (Å²) in [5.41, 5.74) is 0.683. The number of rotatable bonds is 9. The summed E-state index contributed by atoms with van der Waals surface area (Å²) in [6.45, 7) is 5.36. The van der Waals surface area contributed by atoms with Crippen molar-refractivity contribution in [1.29, 1.82) is 0 Å². The van der Waals surface area contributed by atoms with E-state index in [2.05, 4.69) is 10.2 Å². The van der Waals surface area contributed by atoms with Crippen molar-refractivity contribution in [2.45, 2.75) is 45.8 Å². The lowest BCUT2D eigenvalue weighted by atomic mass is 10.2. The molecular weight excluding hydrogens is 354 g/mol. The van der Waals surface area contributed by atoms with Gasteiger partial charge in [0, 0.05) is 6.54 Å². The van der Waals surface area contributed by atoms with Gasteiger partial charge in [-0.2, -0.15) is 0 Å². The van der Waals surface area contributed by atoms with E-state index in [9.17, 15) is 4.79 Å². The van der Waals surface area contributed by atoms with Crippen LogP contribution in [0.2, 0.25) is 5.02 Å². The average Bonchev–Trinajstić information content (AvgIpc) is 3.36. The number of hydrogen-bond donors (Lipinski definition) is 0. The largest absolute Gasteiger partial charge is 0.419 e. The topological polar surface area (TPSA) is 68.5 Å². The van der Waals surface area contributed by atoms with Crippen molar-refractivity contribution < 1.29 is 13.9 Å². The molecule has 1 aliphatic carbocycles. The molecule has 26 heavy (non-hydrogen) atoms. The highest BCUT2D eigenvalue weighted by atomic mass is 35.5. The number of halogens is 1. The van der Waals surface area contributed by atoms with Crippen LogP contribution in [0.1, 0.15) is 39.0 Å². The highest BCUT2D eigenvalue weighted by Gasteiger charge is 2.27. The Morgan fingerprint density at radius 3 is 2.85 bits per heavy atom. The van der Waals surface area contributed by atoms with Gasteiger partial charge in [0.05, 0.1) is 23.7 Å². The number of carbonyl (C=O) groups is 1. The Morgan fingerprint density at radius 2 is 2.15 bits per heavy atom. The predicted octanol–water partition coefficient (Wildman–Crippen LogP) is 3.94. The molecule has 6 nitrogen and oxygen atoms in total. The first-order chi connectivity index (χ1) is 12.6. The van der Waals surface area contributed by atoms with Crippen molar-refractivity contribution in [3.05, 3.63) is 35.2 Å². The minimum Gasteiger partial charge on any atom is -0.419 e. The molecule has 0 radical (unpaired) electrons. The SMILES string of the molecule is CCCN(Cc1nnc(-c2ccccc2Cl)o1)C(=O)C(C)OCC1CC1. The third-order valence-electron chi connectivity index (χ3n) is 4.33. The van der Waals surface area contributed by atoms with Crippen LogP contribution >= 0.6 is 11.6 Å². The summed E-state index contributed by atoms with van der Waals surface area (Å²) in [6.07, 6.45) is 2.78. The molecule has 7 heteroatoms. The molecule has 0 spiro atoms. The van der Waals surface area contributed by atoms with Crippen LogP contribution in [0.15, 0.2) is 28.7 Å². The molecule has 140 valence electrons. The van der Waals surface area contributed by atoms with Crippen LogP contribution in [0, 0.1) is 5.92 Å². The Bertz CT molecular complexity index is 745. The van der Waals surface area contributed by atoms with Gasteiger partial charge in [0.2, 0.25) is 11.8 Å². The van der Waals surface area contributed by atoms with Crippen molar-refractivity contribution in [2.24, 2.45) is 5.92 Å². The Labute approximate surface area is 158 Å². The second-order valence-corrected chi connectivity index (χ2v) is 7.07. The number of hydrogen-bond acceptors (Lipinski definition) is 5. The number of nitrogens with zero attached hydrogens (tertiary/aromatic N) is 3. The van der Waals surface area contributed by atoms with Gasteiger partial charge < -0.3 is 14.1 Å². The molecule has 1 saturated carbocycles. The Kier molecular flexibility index (Phi) is 6.27. The maximum Gasteiger partial charge on any atom is 0.251 e. The van der Waals surface area contributed by atoms with Crippen molar-refractivity contribution in [3.63, 3.8) is 0 Å². The summed E-state index contributed by atoms with van der Waals surface area (Å²) in [4.78, 5) is 14.4. The Morgan fingerprint density at radius 1 is 1.38 bits per heavy atom. The number of aromatic nitrogens is 2. The third-order valence-corrected chi connectivity index (χ3v) is 4.66. The maximum atomic E-state index is 12.7. The van der Waals surface area contributed by atoms with Crippen molar-refractivity contribution in [2.75, 3.05) is 13.2 Å². The zero-order valence-electron chi connectivity index (χ0n) is 15.2. The van der Waals surface area contributed by atoms with Gasteiger partial charge in [-0.15, -0.1) is 10.2 Å². The molecule has 1 atom stereocenters. The van der Waals surface area contributed by atoms with E-state index < -0.39 is 6.10 Å². The molecule has 0 saturated heterocycles. The average molecular weight is 378 g/mol. The minimum absolute atomic E-state index is 0.0509. The van der Waals surface area contributed by atoms with Crippen molar-refractivity contribution >= 4 is 17.5 Å². The summed E-state index contributed by atoms with van der Waals surface area (Å²) in [7, 11) is 0. The molecule has 1 heterocycles. The molecule has 0 N–H and O–H groups in total. The molecule has 0 aliphatic heterocycles. The normalized spacial score (nSPS) is 15.0. The van der Waals surface area contributed by atoms with E-state index in [0.29, 0.717) is 41.4 Å². The summed E-state index contributed by atoms with van der Waals surface area (Å²) in [5, 5.41) is 8.68. The van der Waals surface area contributed by atoms with Gasteiger partial charge in [-0.3, -0.25) is 4.79 Å². The first-order valence-corrected chi connectivity index (χ1v) is 9.44. The van der Waals surface area contributed by atoms with Crippen molar-refractivity contribution in [1.82, 2.24) is 15.1 Å². The van der Waals surface area contributed by atoms with Crippen LogP contribution in [0.4, 0.5) is 0 Å². The molecule has 1 aliphatic rings. The van der Waals surface area contributed by atoms with Gasteiger partial charge in [-0.25, -0.2) is 0 Å². The summed E-state index contributed by atoms with van der Waals surface area (Å²) in [5.74, 6) is 1.31. The quantitative estimate of drug-likeness (QED) is 0.662. The van der Waals surface area contributed by atoms with E-state index in [-0.39, 0.29) is 12.5 Å². The van der Waals surface area contributed by atoms with Gasteiger partial charge in [-0.1, -0.05) is 30.7 Å². The van der Waals surface area contributed by atoms with Crippen LogP contribution in [-0.4, -0.2) is 40.3 Å². The standard InChI is InChI=1S/C19H24ClN3O3/c1-3-10-23(19(24)13(2)25-12-14-8-9-14)11-17-21-22-18(26-17)15-6-4-5-7-16(15)20/h4-7,13-14H,3,8-12H2,1-2H3. The molecule has 1 fully saturated rings. The van der Waals surface area contributed by atoms with Crippen LogP contribution in [-0.2, 0) is 16.1 Å². The lowest BCUT2D eigenvalue weighted by molar-refractivity contribution is -0.144. The smallest absolute Gasteiger partial charge is 0.251 e. The van der Waals surface area contributed by atoms with Crippen LogP contribution in [0.5, 0.6) is 0 Å². The fourth-order valence-corrected chi connectivity index (χ4v) is 2.87. The lowest BCUT2D eigenvalue weighted by Gasteiger charge is -2.24. The Balaban J connectivity index is 1.65. The van der Waals surface area contributed by atoms with E-state index in [1.165, 1.54) is 12.8 Å².